The van der Waals surface area contributed by atoms with Crippen LogP contribution in [0.3, 0.4) is 0 Å². The SMILES string of the molecule is CC[C@H](C)[C@H](NC(=O)[C@@H](NC(=O)[C@@H](N)Cc1ccc(O)cc1)[C@@H](C)CC)C(=O)N[C@@H](CCCCN)C(=O)NCC(=O)N[C@H](C(=O)N[C@@H](Cc1ccccc1)C(=O)N[C@@H](Cc1c[nH]c2ccccc12)C(=O)N[C@@H](CC(=O)O)C(=O)N1CCC[C@H]1C(=O)N[C@@H](C)C(=O)N[C@@H](CS)C(=O)O)C(C)C. The van der Waals surface area contributed by atoms with E-state index in [4.69, 9.17) is 11.5 Å². The number of carbonyl (C=O) groups is 13. The van der Waals surface area contributed by atoms with Crippen LogP contribution in [0.2, 0.25) is 0 Å². The van der Waals surface area contributed by atoms with Gasteiger partial charge in [0.25, 0.3) is 0 Å². The molecule has 5 rings (SSSR count). The second kappa shape index (κ2) is 39.8. The van der Waals surface area contributed by atoms with E-state index in [0.717, 1.165) is 4.90 Å². The summed E-state index contributed by atoms with van der Waals surface area (Å²) in [6.45, 7) is 11.2. The molecule has 4 aromatic rings. The molecule has 11 amide bonds. The number of likely N-dealkylation sites (tertiary alicyclic amines) is 1. The number of carboxylic acids is 2. The number of aliphatic carboxylic acids is 2. The predicted octanol–water partition coefficient (Wildman–Crippen LogP) is 0.0853. The van der Waals surface area contributed by atoms with Crippen LogP contribution >= 0.6 is 12.6 Å². The Morgan fingerprint density at radius 2 is 1.14 bits per heavy atom. The highest BCUT2D eigenvalue weighted by molar-refractivity contribution is 7.80. The molecular formula is C69H98N14O16S. The molecule has 0 unspecified atom stereocenters. The highest BCUT2D eigenvalue weighted by Crippen LogP contribution is 2.23. The Morgan fingerprint density at radius 3 is 1.74 bits per heavy atom. The Labute approximate surface area is 586 Å². The van der Waals surface area contributed by atoms with E-state index in [0.29, 0.717) is 53.3 Å². The molecule has 0 spiro atoms. The maximum absolute atomic E-state index is 14.9. The number of rotatable bonds is 40. The summed E-state index contributed by atoms with van der Waals surface area (Å²) < 4.78 is 0. The number of aromatic amines is 1. The molecular weight excluding hydrogens is 1310 g/mol. The zero-order chi connectivity index (χ0) is 73.9. The number of nitrogens with zero attached hydrogens (tertiary/aromatic N) is 1. The van der Waals surface area contributed by atoms with E-state index >= 15 is 0 Å². The molecule has 30 nitrogen and oxygen atoms in total. The van der Waals surface area contributed by atoms with Crippen LogP contribution in [0, 0.1) is 17.8 Å². The fourth-order valence-electron chi connectivity index (χ4n) is 11.3. The monoisotopic (exact) mass is 1410 g/mol. The van der Waals surface area contributed by atoms with Gasteiger partial charge in [0.05, 0.1) is 19.0 Å². The molecule has 546 valence electrons. The molecule has 1 aliphatic heterocycles. The molecule has 18 N–H and O–H groups in total. The lowest BCUT2D eigenvalue weighted by Crippen LogP contribution is -2.61. The Balaban J connectivity index is 1.33. The van der Waals surface area contributed by atoms with Gasteiger partial charge in [0, 0.05) is 42.2 Å². The Morgan fingerprint density at radius 1 is 0.590 bits per heavy atom. The number of hydrogen-bond acceptors (Lipinski definition) is 17. The minimum Gasteiger partial charge on any atom is -0.508 e. The molecule has 1 aliphatic rings. The Kier molecular flexibility index (Phi) is 32.3. The van der Waals surface area contributed by atoms with Gasteiger partial charge in [-0.2, -0.15) is 12.6 Å². The van der Waals surface area contributed by atoms with Crippen molar-refractivity contribution in [3.8, 4) is 5.75 Å². The Hall–Kier alpha value is -9.62. The third-order valence-electron chi connectivity index (χ3n) is 17.6. The van der Waals surface area contributed by atoms with Gasteiger partial charge in [0.15, 0.2) is 0 Å². The van der Waals surface area contributed by atoms with Crippen LogP contribution in [0.15, 0.2) is 85.1 Å². The highest BCUT2D eigenvalue weighted by atomic mass is 32.1. The van der Waals surface area contributed by atoms with Crippen molar-refractivity contribution in [2.75, 3.05) is 25.4 Å². The van der Waals surface area contributed by atoms with Crippen LogP contribution in [-0.4, -0.2) is 194 Å². The first kappa shape index (κ1) is 81.1. The van der Waals surface area contributed by atoms with Crippen LogP contribution in [0.25, 0.3) is 10.9 Å². The zero-order valence-electron chi connectivity index (χ0n) is 57.5. The molecule has 3 aromatic carbocycles. The maximum atomic E-state index is 14.9. The first-order chi connectivity index (χ1) is 47.5. The van der Waals surface area contributed by atoms with E-state index < -0.39 is 174 Å². The lowest BCUT2D eigenvalue weighted by molar-refractivity contribution is -0.146. The highest BCUT2D eigenvalue weighted by Gasteiger charge is 2.42. The molecule has 2 heterocycles. The number of fused-ring (bicyclic) bond motifs is 1. The van der Waals surface area contributed by atoms with Gasteiger partial charge in [-0.05, 0) is 105 Å². The molecule has 13 atom stereocenters. The second-order valence-electron chi connectivity index (χ2n) is 25.6. The van der Waals surface area contributed by atoms with Gasteiger partial charge in [-0.15, -0.1) is 0 Å². The third kappa shape index (κ3) is 24.4. The fraction of sp³-hybridized carbons (Fsp3) is 0.522. The number of hydrogen-bond donors (Lipinski definition) is 17. The number of phenols is 1. The summed E-state index contributed by atoms with van der Waals surface area (Å²) in [5.74, 6) is -13.7. The quantitative estimate of drug-likeness (QED) is 0.0207. The fourth-order valence-corrected chi connectivity index (χ4v) is 11.5. The number of benzene rings is 3. The molecule has 100 heavy (non-hydrogen) atoms. The van der Waals surface area contributed by atoms with Gasteiger partial charge in [-0.25, -0.2) is 4.79 Å². The lowest BCUT2D eigenvalue weighted by Gasteiger charge is -2.30. The normalized spacial score (nSPS) is 16.4. The molecule has 1 aromatic heterocycles. The topological polar surface area (TPSA) is 474 Å². The van der Waals surface area contributed by atoms with Crippen molar-refractivity contribution < 1.29 is 77.6 Å². The number of phenolic OH excluding ortho intramolecular Hbond substituents is 1. The lowest BCUT2D eigenvalue weighted by atomic mass is 9.94. The van der Waals surface area contributed by atoms with E-state index in [9.17, 15) is 77.6 Å². The number of nitrogens with one attached hydrogen (secondary N) is 11. The Bertz CT molecular complexity index is 3490. The van der Waals surface area contributed by atoms with Gasteiger partial charge in [0.2, 0.25) is 65.0 Å². The van der Waals surface area contributed by atoms with Gasteiger partial charge < -0.3 is 89.8 Å². The van der Waals surface area contributed by atoms with Crippen LogP contribution in [0.1, 0.15) is 117 Å². The molecule has 0 bridgehead atoms. The number of amides is 11. The van der Waals surface area contributed by atoms with Gasteiger partial charge in [0.1, 0.15) is 66.2 Å². The maximum Gasteiger partial charge on any atom is 0.327 e. The van der Waals surface area contributed by atoms with E-state index in [1.165, 1.54) is 19.1 Å². The number of para-hydroxylation sites is 1. The first-order valence-electron chi connectivity index (χ1n) is 33.7. The summed E-state index contributed by atoms with van der Waals surface area (Å²) in [6, 6.07) is 6.96. The summed E-state index contributed by atoms with van der Waals surface area (Å²) in [5, 5.41) is 56.0. The number of aromatic nitrogens is 1. The van der Waals surface area contributed by atoms with Crippen LogP contribution in [0.4, 0.5) is 0 Å². The van der Waals surface area contributed by atoms with Crippen molar-refractivity contribution in [3.05, 3.63) is 102 Å². The number of thiol groups is 1. The molecule has 1 saturated heterocycles. The summed E-state index contributed by atoms with van der Waals surface area (Å²) in [6.07, 6.45) is 2.42. The summed E-state index contributed by atoms with van der Waals surface area (Å²) in [4.78, 5) is 183. The van der Waals surface area contributed by atoms with Crippen molar-refractivity contribution >= 4 is 100 Å². The molecule has 31 heteroatoms. The number of nitrogens with two attached hydrogens (primary N) is 2. The number of H-pyrrole nitrogens is 1. The van der Waals surface area contributed by atoms with E-state index in [1.807, 2.05) is 13.8 Å². The average Bonchev–Trinajstić information content (AvgIpc) is 1.71. The smallest absolute Gasteiger partial charge is 0.327 e. The largest absolute Gasteiger partial charge is 0.508 e. The zero-order valence-corrected chi connectivity index (χ0v) is 58.4. The van der Waals surface area contributed by atoms with Crippen molar-refractivity contribution in [1.82, 2.24) is 63.1 Å². The molecule has 0 saturated carbocycles. The van der Waals surface area contributed by atoms with E-state index in [-0.39, 0.29) is 63.1 Å². The summed E-state index contributed by atoms with van der Waals surface area (Å²) >= 11 is 3.94. The van der Waals surface area contributed by atoms with E-state index in [2.05, 4.69) is 70.8 Å². The predicted molar refractivity (Wildman–Crippen MR) is 373 cm³/mol. The number of aromatic hydroxyl groups is 1. The molecule has 0 aliphatic carbocycles. The minimum absolute atomic E-state index is 0.0396. The molecule has 0 radical (unpaired) electrons. The van der Waals surface area contributed by atoms with Crippen LogP contribution < -0.4 is 64.6 Å². The van der Waals surface area contributed by atoms with Gasteiger partial charge >= 0.3 is 11.9 Å². The van der Waals surface area contributed by atoms with Gasteiger partial charge in [-0.3, -0.25) is 57.5 Å². The first-order valence-corrected chi connectivity index (χ1v) is 34.3. The summed E-state index contributed by atoms with van der Waals surface area (Å²) in [7, 11) is 0. The number of carboxylic acid groups (broad SMARTS) is 2. The second-order valence-corrected chi connectivity index (χ2v) is 26.0. The molecule has 1 fully saturated rings. The summed E-state index contributed by atoms with van der Waals surface area (Å²) in [5.41, 5.74) is 14.5. The number of unbranched alkanes of at least 4 members (excludes halogenated alkanes) is 1. The third-order valence-corrected chi connectivity index (χ3v) is 18.0. The van der Waals surface area contributed by atoms with Gasteiger partial charge in [-0.1, -0.05) is 115 Å². The van der Waals surface area contributed by atoms with Crippen LogP contribution in [-0.2, 0) is 81.6 Å². The standard InChI is InChI=1S/C69H98N14O16S/c1-8-38(5)57(82-67(96)58(39(6)9-2)81-60(89)46(71)30-42-24-26-44(84)27-25-42)66(95)75-48(22-15-16-28-70)61(90)73-35-54(85)80-56(37(3)4)65(94)77-49(31-41-18-11-10-12-19-41)62(91)76-50(32-43-34-72-47-21-14-13-20-45(43)47)63(92)78-51(33-55(86)87)68(97)83-29-17-23-53(83)64(93)74-40(7)59(88)79-52(36-100)69(98)99/h10-14,18-21,24-27,34,37-40,46,48-53,56-58,72,84,100H,8-9,15-17,22-23,28-33,35-36,70-71H2,1-7H3,(H,73,90)(H,74,93)(H,75,95)(H,76,91)(H,77,94)(H,78,92)(H,79,88)(H,80,85)(H,81,89)(H,82,96)(H,86,87)(H,98,99)/t38-,39-,40-,46-,48-,49-,50-,51-,52-,53-,56-,57-,58-/m0/s1. The van der Waals surface area contributed by atoms with Crippen molar-refractivity contribution in [2.45, 2.75) is 186 Å². The van der Waals surface area contributed by atoms with Crippen molar-refractivity contribution in [3.63, 3.8) is 0 Å². The average molecular weight is 1410 g/mol. The minimum atomic E-state index is -1.82. The number of carbonyl (C=O) groups excluding carboxylic acids is 11. The van der Waals surface area contributed by atoms with Crippen LogP contribution in [0.5, 0.6) is 5.75 Å². The van der Waals surface area contributed by atoms with E-state index in [1.54, 1.807) is 101 Å². The van der Waals surface area contributed by atoms with Crippen molar-refractivity contribution in [2.24, 2.45) is 29.2 Å². The van der Waals surface area contributed by atoms with Crippen molar-refractivity contribution in [1.29, 1.82) is 0 Å².